The summed E-state index contributed by atoms with van der Waals surface area (Å²) in [7, 11) is 0. The summed E-state index contributed by atoms with van der Waals surface area (Å²) in [4.78, 5) is 26.6. The fourth-order valence-corrected chi connectivity index (χ4v) is 4.49. The molecule has 1 N–H and O–H groups in total. The summed E-state index contributed by atoms with van der Waals surface area (Å²) in [5.41, 5.74) is 1.31. The van der Waals surface area contributed by atoms with Crippen molar-refractivity contribution in [2.45, 2.75) is 39.2 Å². The number of nitrogens with zero attached hydrogens (tertiary/aromatic N) is 1. The van der Waals surface area contributed by atoms with E-state index in [1.54, 1.807) is 4.90 Å². The van der Waals surface area contributed by atoms with Gasteiger partial charge in [0, 0.05) is 18.5 Å². The molecule has 5 heteroatoms. The summed E-state index contributed by atoms with van der Waals surface area (Å²) < 4.78 is 5.91. The van der Waals surface area contributed by atoms with E-state index in [-0.39, 0.29) is 12.2 Å². The van der Waals surface area contributed by atoms with Crippen LogP contribution in [0.4, 0.5) is 5.69 Å². The zero-order valence-corrected chi connectivity index (χ0v) is 18.1. The summed E-state index contributed by atoms with van der Waals surface area (Å²) in [6, 6.07) is 17.9. The Balaban J connectivity index is 1.49. The minimum Gasteiger partial charge on any atom is -0.494 e. The van der Waals surface area contributed by atoms with Gasteiger partial charge < -0.3 is 14.7 Å². The van der Waals surface area contributed by atoms with E-state index >= 15 is 0 Å². The lowest BCUT2D eigenvalue weighted by molar-refractivity contribution is -0.141. The second-order valence-electron chi connectivity index (χ2n) is 8.38. The van der Waals surface area contributed by atoms with Gasteiger partial charge in [0.2, 0.25) is 0 Å². The van der Waals surface area contributed by atoms with Crippen LogP contribution in [0, 0.1) is 13.8 Å². The average Bonchev–Trinajstić information content (AvgIpc) is 2.92. The predicted octanol–water partition coefficient (Wildman–Crippen LogP) is 4.44. The number of ether oxygens (including phenoxy) is 1. The Morgan fingerprint density at radius 2 is 1.81 bits per heavy atom. The zero-order chi connectivity index (χ0) is 22.2. The molecule has 1 heterocycles. The number of ketones is 1. The van der Waals surface area contributed by atoms with Crippen LogP contribution in [0.25, 0.3) is 10.8 Å². The quantitative estimate of drug-likeness (QED) is 0.577. The van der Waals surface area contributed by atoms with Crippen LogP contribution in [0.5, 0.6) is 5.75 Å². The molecule has 0 saturated carbocycles. The van der Waals surface area contributed by atoms with Crippen LogP contribution in [0.3, 0.4) is 0 Å². The first kappa shape index (κ1) is 21.1. The molecule has 0 aromatic heterocycles. The molecule has 1 aliphatic heterocycles. The second kappa shape index (κ2) is 8.16. The van der Waals surface area contributed by atoms with Gasteiger partial charge in [-0.05, 0) is 55.7 Å². The number of benzene rings is 3. The number of Topliss-reactive ketones (excluding diaryl/α,β-unsaturated/α-hetero) is 1. The van der Waals surface area contributed by atoms with E-state index in [0.29, 0.717) is 30.8 Å². The highest BCUT2D eigenvalue weighted by molar-refractivity contribution is 6.09. The summed E-state index contributed by atoms with van der Waals surface area (Å²) in [5, 5.41) is 13.5. The summed E-state index contributed by atoms with van der Waals surface area (Å²) >= 11 is 0. The van der Waals surface area contributed by atoms with Crippen molar-refractivity contribution < 1.29 is 19.4 Å². The summed E-state index contributed by atoms with van der Waals surface area (Å²) in [6.07, 6.45) is 0.382. The molecule has 0 radical (unpaired) electrons. The van der Waals surface area contributed by atoms with Crippen molar-refractivity contribution in [2.24, 2.45) is 0 Å². The lowest BCUT2D eigenvalue weighted by atomic mass is 9.88. The van der Waals surface area contributed by atoms with E-state index in [9.17, 15) is 14.7 Å². The van der Waals surface area contributed by atoms with Crippen LogP contribution < -0.4 is 9.64 Å². The highest BCUT2D eigenvalue weighted by atomic mass is 16.5. The topological polar surface area (TPSA) is 66.8 Å². The zero-order valence-electron chi connectivity index (χ0n) is 18.1. The molecular formula is C26H27NO4. The summed E-state index contributed by atoms with van der Waals surface area (Å²) in [5.74, 6) is 0.131. The van der Waals surface area contributed by atoms with Gasteiger partial charge in [-0.25, -0.2) is 0 Å². The Hall–Kier alpha value is -3.18. The third kappa shape index (κ3) is 3.93. The number of aliphatic hydroxyl groups is 1. The molecule has 31 heavy (non-hydrogen) atoms. The number of carbonyl (C=O) groups is 2. The van der Waals surface area contributed by atoms with Crippen LogP contribution >= 0.6 is 0 Å². The molecule has 0 spiro atoms. The van der Waals surface area contributed by atoms with E-state index < -0.39 is 11.5 Å². The first-order valence-electron chi connectivity index (χ1n) is 10.6. The van der Waals surface area contributed by atoms with Crippen LogP contribution in [0.2, 0.25) is 0 Å². The molecule has 0 fully saturated rings. The lowest BCUT2D eigenvalue weighted by Crippen LogP contribution is -2.42. The van der Waals surface area contributed by atoms with Gasteiger partial charge >= 0.3 is 0 Å². The average molecular weight is 418 g/mol. The van der Waals surface area contributed by atoms with Crippen molar-refractivity contribution in [1.82, 2.24) is 0 Å². The van der Waals surface area contributed by atoms with Crippen LogP contribution in [-0.4, -0.2) is 29.9 Å². The first-order chi connectivity index (χ1) is 14.8. The van der Waals surface area contributed by atoms with Crippen LogP contribution in [-0.2, 0) is 15.2 Å². The number of anilines is 1. The molecular weight excluding hydrogens is 390 g/mol. The molecule has 3 aromatic carbocycles. The number of aryl methyl sites for hydroxylation is 2. The fraction of sp³-hybridized carbons (Fsp3) is 0.308. The predicted molar refractivity (Wildman–Crippen MR) is 122 cm³/mol. The van der Waals surface area contributed by atoms with Crippen molar-refractivity contribution >= 4 is 28.2 Å². The van der Waals surface area contributed by atoms with Crippen molar-refractivity contribution in [3.63, 3.8) is 0 Å². The maximum absolute atomic E-state index is 13.2. The molecule has 1 atom stereocenters. The van der Waals surface area contributed by atoms with Crippen molar-refractivity contribution in [2.75, 3.05) is 18.1 Å². The Bertz CT molecular complexity index is 1170. The Labute approximate surface area is 182 Å². The minimum absolute atomic E-state index is 0.216. The summed E-state index contributed by atoms with van der Waals surface area (Å²) in [6.45, 7) is 6.09. The Kier molecular flexibility index (Phi) is 5.54. The normalized spacial score (nSPS) is 17.8. The smallest absolute Gasteiger partial charge is 0.264 e. The molecule has 0 bridgehead atoms. The second-order valence-corrected chi connectivity index (χ2v) is 8.38. The van der Waals surface area contributed by atoms with E-state index in [2.05, 4.69) is 6.07 Å². The monoisotopic (exact) mass is 417 g/mol. The molecule has 1 aliphatic rings. The van der Waals surface area contributed by atoms with Crippen LogP contribution in [0.15, 0.2) is 54.6 Å². The highest BCUT2D eigenvalue weighted by Gasteiger charge is 2.50. The van der Waals surface area contributed by atoms with Crippen LogP contribution in [0.1, 0.15) is 36.5 Å². The number of fused-ring (bicyclic) bond motifs is 2. The largest absolute Gasteiger partial charge is 0.494 e. The number of carbonyl (C=O) groups excluding carboxylic acids is 2. The van der Waals surface area contributed by atoms with Gasteiger partial charge in [0.15, 0.2) is 5.60 Å². The van der Waals surface area contributed by atoms with Gasteiger partial charge in [-0.2, -0.15) is 0 Å². The van der Waals surface area contributed by atoms with Gasteiger partial charge in [0.05, 0.1) is 12.3 Å². The highest BCUT2D eigenvalue weighted by Crippen LogP contribution is 2.45. The van der Waals surface area contributed by atoms with Gasteiger partial charge in [0.25, 0.3) is 5.91 Å². The first-order valence-corrected chi connectivity index (χ1v) is 10.6. The van der Waals surface area contributed by atoms with Gasteiger partial charge in [-0.15, -0.1) is 0 Å². The lowest BCUT2D eigenvalue weighted by Gasteiger charge is -2.22. The maximum Gasteiger partial charge on any atom is 0.264 e. The number of rotatable bonds is 7. The fourth-order valence-electron chi connectivity index (χ4n) is 4.49. The minimum atomic E-state index is -1.79. The van der Waals surface area contributed by atoms with Crippen molar-refractivity contribution in [3.8, 4) is 5.75 Å². The molecule has 3 aromatic rings. The van der Waals surface area contributed by atoms with E-state index in [1.165, 1.54) is 6.92 Å². The molecule has 0 aliphatic carbocycles. The Morgan fingerprint density at radius 3 is 2.55 bits per heavy atom. The van der Waals surface area contributed by atoms with E-state index in [4.69, 9.17) is 4.74 Å². The van der Waals surface area contributed by atoms with Crippen molar-refractivity contribution in [3.05, 3.63) is 71.3 Å². The standard InChI is InChI=1S/C26H27NO4/c1-17-13-18(2)24-23(14-17)26(30,16-19(3)28)25(29)27(24)11-6-12-31-22-10-9-20-7-4-5-8-21(20)15-22/h4-5,7-10,13-15,30H,6,11-12,16H2,1-3H3. The van der Waals surface area contributed by atoms with Gasteiger partial charge in [-0.1, -0.05) is 48.0 Å². The van der Waals surface area contributed by atoms with E-state index in [0.717, 1.165) is 27.6 Å². The maximum atomic E-state index is 13.2. The number of hydrogen-bond donors (Lipinski definition) is 1. The molecule has 1 amide bonds. The third-order valence-electron chi connectivity index (χ3n) is 5.78. The van der Waals surface area contributed by atoms with Crippen molar-refractivity contribution in [1.29, 1.82) is 0 Å². The molecule has 160 valence electrons. The molecule has 1 unspecified atom stereocenters. The van der Waals surface area contributed by atoms with Gasteiger partial charge in [0.1, 0.15) is 11.5 Å². The number of amides is 1. The SMILES string of the molecule is CC(=O)CC1(O)C(=O)N(CCCOc2ccc3ccccc3c2)c2c(C)cc(C)cc21. The Morgan fingerprint density at radius 1 is 1.06 bits per heavy atom. The number of hydrogen-bond acceptors (Lipinski definition) is 4. The van der Waals surface area contributed by atoms with Gasteiger partial charge in [-0.3, -0.25) is 9.59 Å². The molecule has 5 nitrogen and oxygen atoms in total. The molecule has 0 saturated heterocycles. The molecule has 4 rings (SSSR count). The van der Waals surface area contributed by atoms with E-state index in [1.807, 2.05) is 62.4 Å². The third-order valence-corrected chi connectivity index (χ3v) is 5.78.